The van der Waals surface area contributed by atoms with Crippen LogP contribution >= 0.6 is 0 Å². The Morgan fingerprint density at radius 1 is 0.941 bits per heavy atom. The summed E-state index contributed by atoms with van der Waals surface area (Å²) in [6.45, 7) is 4.59. The summed E-state index contributed by atoms with van der Waals surface area (Å²) in [5, 5.41) is 0. The molecule has 0 atom stereocenters. The van der Waals surface area contributed by atoms with E-state index in [1.54, 1.807) is 0 Å². The number of carbonyl (C=O) groups is 1. The lowest BCUT2D eigenvalue weighted by Crippen LogP contribution is -2.10. The van der Waals surface area contributed by atoms with E-state index >= 15 is 0 Å². The van der Waals surface area contributed by atoms with E-state index in [1.165, 1.54) is 32.1 Å². The molecule has 0 aromatic heterocycles. The second-order valence-electron chi connectivity index (χ2n) is 4.91. The van der Waals surface area contributed by atoms with Crippen molar-refractivity contribution in [3.63, 3.8) is 0 Å². The number of hydrogen-bond donors (Lipinski definition) is 1. The number of hydrogen-bond acceptors (Lipinski definition) is 3. The smallest absolute Gasteiger partial charge is 0.306 e. The minimum absolute atomic E-state index is 0.0186. The van der Waals surface area contributed by atoms with Crippen LogP contribution in [-0.2, 0) is 9.53 Å². The molecule has 0 fully saturated rings. The van der Waals surface area contributed by atoms with Crippen molar-refractivity contribution in [3.8, 4) is 0 Å². The highest BCUT2D eigenvalue weighted by molar-refractivity contribution is 5.69. The Balaban J connectivity index is 3.10. The molecule has 0 rings (SSSR count). The van der Waals surface area contributed by atoms with Crippen LogP contribution in [0.15, 0.2) is 0 Å². The molecule has 2 N–H and O–H groups in total. The van der Waals surface area contributed by atoms with Gasteiger partial charge < -0.3 is 10.5 Å². The molecule has 3 heteroatoms. The fourth-order valence-corrected chi connectivity index (χ4v) is 1.80. The van der Waals surface area contributed by atoms with Gasteiger partial charge >= 0.3 is 5.97 Å². The van der Waals surface area contributed by atoms with Gasteiger partial charge in [0.05, 0.1) is 6.10 Å². The van der Waals surface area contributed by atoms with Crippen molar-refractivity contribution in [2.75, 3.05) is 6.54 Å². The first-order chi connectivity index (χ1) is 8.16. The summed E-state index contributed by atoms with van der Waals surface area (Å²) in [4.78, 5) is 11.2. The van der Waals surface area contributed by atoms with E-state index < -0.39 is 0 Å². The first-order valence-corrected chi connectivity index (χ1v) is 7.06. The molecular formula is C14H29NO2. The molecule has 17 heavy (non-hydrogen) atoms. The fraction of sp³-hybridized carbons (Fsp3) is 0.929. The molecule has 0 saturated heterocycles. The van der Waals surface area contributed by atoms with Crippen molar-refractivity contribution < 1.29 is 9.53 Å². The molecule has 0 aromatic rings. The summed E-state index contributed by atoms with van der Waals surface area (Å²) in [5.74, 6) is -0.0528. The second-order valence-corrected chi connectivity index (χ2v) is 4.91. The molecule has 0 spiro atoms. The Morgan fingerprint density at radius 2 is 1.41 bits per heavy atom. The van der Waals surface area contributed by atoms with Crippen LogP contribution in [0.1, 0.15) is 71.6 Å². The van der Waals surface area contributed by atoms with E-state index in [2.05, 4.69) is 0 Å². The number of ether oxygens (including phenoxy) is 1. The fourth-order valence-electron chi connectivity index (χ4n) is 1.80. The molecule has 0 unspecified atom stereocenters. The summed E-state index contributed by atoms with van der Waals surface area (Å²) in [7, 11) is 0. The van der Waals surface area contributed by atoms with Gasteiger partial charge in [-0.15, -0.1) is 0 Å². The molecule has 0 aliphatic rings. The first-order valence-electron chi connectivity index (χ1n) is 7.06. The lowest BCUT2D eigenvalue weighted by atomic mass is 10.1. The number of rotatable bonds is 11. The third kappa shape index (κ3) is 13.4. The van der Waals surface area contributed by atoms with Crippen molar-refractivity contribution in [1.82, 2.24) is 0 Å². The molecule has 0 aromatic carbocycles. The summed E-state index contributed by atoms with van der Waals surface area (Å²) in [5.41, 5.74) is 5.43. The van der Waals surface area contributed by atoms with Crippen LogP contribution in [0.4, 0.5) is 0 Å². The zero-order valence-electron chi connectivity index (χ0n) is 11.5. The van der Waals surface area contributed by atoms with Crippen molar-refractivity contribution in [2.24, 2.45) is 5.73 Å². The third-order valence-electron chi connectivity index (χ3n) is 2.70. The molecule has 0 amide bonds. The number of carbonyl (C=O) groups excluding carboxylic acids is 1. The zero-order chi connectivity index (χ0) is 12.9. The molecule has 0 saturated carbocycles. The molecule has 0 aliphatic carbocycles. The van der Waals surface area contributed by atoms with Crippen molar-refractivity contribution in [1.29, 1.82) is 0 Å². The Kier molecular flexibility index (Phi) is 11.5. The van der Waals surface area contributed by atoms with Gasteiger partial charge in [-0.3, -0.25) is 4.79 Å². The second kappa shape index (κ2) is 11.9. The average molecular weight is 243 g/mol. The molecular weight excluding hydrogens is 214 g/mol. The van der Waals surface area contributed by atoms with Gasteiger partial charge in [0.2, 0.25) is 0 Å². The molecule has 3 nitrogen and oxygen atoms in total. The van der Waals surface area contributed by atoms with Crippen LogP contribution < -0.4 is 5.73 Å². The minimum atomic E-state index is -0.0528. The van der Waals surface area contributed by atoms with E-state index in [-0.39, 0.29) is 12.1 Å². The topological polar surface area (TPSA) is 52.3 Å². The standard InChI is InChI=1S/C14H29NO2/c1-13(2)17-14(16)11-9-7-5-3-4-6-8-10-12-15/h13H,3-12,15H2,1-2H3. The third-order valence-corrected chi connectivity index (χ3v) is 2.70. The van der Waals surface area contributed by atoms with Crippen LogP contribution in [0.25, 0.3) is 0 Å². The van der Waals surface area contributed by atoms with Gasteiger partial charge in [-0.1, -0.05) is 38.5 Å². The Bertz CT molecular complexity index is 181. The predicted molar refractivity (Wildman–Crippen MR) is 71.8 cm³/mol. The maximum Gasteiger partial charge on any atom is 0.306 e. The largest absolute Gasteiger partial charge is 0.463 e. The normalized spacial score (nSPS) is 10.8. The maximum absolute atomic E-state index is 11.2. The molecule has 102 valence electrons. The summed E-state index contributed by atoms with van der Waals surface area (Å²) in [6.07, 6.45) is 10.2. The lowest BCUT2D eigenvalue weighted by molar-refractivity contribution is -0.147. The van der Waals surface area contributed by atoms with Crippen molar-refractivity contribution in [3.05, 3.63) is 0 Å². The van der Waals surface area contributed by atoms with Gasteiger partial charge in [0.15, 0.2) is 0 Å². The van der Waals surface area contributed by atoms with Crippen LogP contribution in [0.2, 0.25) is 0 Å². The van der Waals surface area contributed by atoms with Crippen LogP contribution in [0.5, 0.6) is 0 Å². The first kappa shape index (κ1) is 16.4. The van der Waals surface area contributed by atoms with Gasteiger partial charge in [0.1, 0.15) is 0 Å². The maximum atomic E-state index is 11.2. The van der Waals surface area contributed by atoms with E-state index in [1.807, 2.05) is 13.8 Å². The van der Waals surface area contributed by atoms with Crippen LogP contribution in [-0.4, -0.2) is 18.6 Å². The van der Waals surface area contributed by atoms with Crippen LogP contribution in [0, 0.1) is 0 Å². The highest BCUT2D eigenvalue weighted by Gasteiger charge is 2.04. The summed E-state index contributed by atoms with van der Waals surface area (Å²) < 4.78 is 5.07. The van der Waals surface area contributed by atoms with Gasteiger partial charge in [-0.2, -0.15) is 0 Å². The average Bonchev–Trinajstić information content (AvgIpc) is 2.26. The van der Waals surface area contributed by atoms with Crippen molar-refractivity contribution >= 4 is 5.97 Å². The SMILES string of the molecule is CC(C)OC(=O)CCCCCCCCCCN. The van der Waals surface area contributed by atoms with Crippen LogP contribution in [0.3, 0.4) is 0 Å². The van der Waals surface area contributed by atoms with E-state index in [4.69, 9.17) is 10.5 Å². The Hall–Kier alpha value is -0.570. The Morgan fingerprint density at radius 3 is 1.88 bits per heavy atom. The quantitative estimate of drug-likeness (QED) is 0.447. The van der Waals surface area contributed by atoms with E-state index in [9.17, 15) is 4.79 Å². The zero-order valence-corrected chi connectivity index (χ0v) is 11.5. The molecule has 0 heterocycles. The van der Waals surface area contributed by atoms with Gasteiger partial charge in [0, 0.05) is 6.42 Å². The lowest BCUT2D eigenvalue weighted by Gasteiger charge is -2.07. The predicted octanol–water partition coefficient (Wildman–Crippen LogP) is 3.41. The van der Waals surface area contributed by atoms with Gasteiger partial charge in [-0.05, 0) is 33.2 Å². The molecule has 0 bridgehead atoms. The van der Waals surface area contributed by atoms with E-state index in [0.717, 1.165) is 25.8 Å². The van der Waals surface area contributed by atoms with Gasteiger partial charge in [0.25, 0.3) is 0 Å². The highest BCUT2D eigenvalue weighted by Crippen LogP contribution is 2.10. The molecule has 0 aliphatic heterocycles. The molecule has 0 radical (unpaired) electrons. The Labute approximate surface area is 106 Å². The van der Waals surface area contributed by atoms with E-state index in [0.29, 0.717) is 6.42 Å². The number of esters is 1. The van der Waals surface area contributed by atoms with Crippen molar-refractivity contribution in [2.45, 2.75) is 77.7 Å². The highest BCUT2D eigenvalue weighted by atomic mass is 16.5. The van der Waals surface area contributed by atoms with Gasteiger partial charge in [-0.25, -0.2) is 0 Å². The number of nitrogens with two attached hydrogens (primary N) is 1. The summed E-state index contributed by atoms with van der Waals surface area (Å²) >= 11 is 0. The minimum Gasteiger partial charge on any atom is -0.463 e. The monoisotopic (exact) mass is 243 g/mol. The summed E-state index contributed by atoms with van der Waals surface area (Å²) in [6, 6.07) is 0. The number of unbranched alkanes of at least 4 members (excludes halogenated alkanes) is 7.